The van der Waals surface area contributed by atoms with Crippen LogP contribution >= 0.6 is 24.0 Å². The third-order valence-electron chi connectivity index (χ3n) is 5.35. The van der Waals surface area contributed by atoms with E-state index in [0.717, 1.165) is 44.5 Å². The third-order valence-corrected chi connectivity index (χ3v) is 5.35. The van der Waals surface area contributed by atoms with E-state index < -0.39 is 0 Å². The van der Waals surface area contributed by atoms with E-state index >= 15 is 0 Å². The van der Waals surface area contributed by atoms with Crippen molar-refractivity contribution in [2.45, 2.75) is 52.6 Å². The van der Waals surface area contributed by atoms with Gasteiger partial charge in [0.25, 0.3) is 0 Å². The topological polar surface area (TPSA) is 40.1 Å². The minimum atomic E-state index is 0. The first-order valence-corrected chi connectivity index (χ1v) is 9.93. The summed E-state index contributed by atoms with van der Waals surface area (Å²) in [5.74, 6) is 2.43. The highest BCUT2D eigenvalue weighted by molar-refractivity contribution is 14.0. The van der Waals surface area contributed by atoms with Crippen LogP contribution in [0.3, 0.4) is 0 Å². The summed E-state index contributed by atoms with van der Waals surface area (Å²) in [4.78, 5) is 9.58. The largest absolute Gasteiger partial charge is 0.378 e. The molecule has 6 heteroatoms. The monoisotopic (exact) mass is 466 g/mol. The lowest BCUT2D eigenvalue weighted by Crippen LogP contribution is -2.42. The number of halogens is 1. The molecule has 0 aromatic rings. The van der Waals surface area contributed by atoms with Gasteiger partial charge in [-0.2, -0.15) is 0 Å². The van der Waals surface area contributed by atoms with Crippen molar-refractivity contribution in [3.8, 4) is 0 Å². The van der Waals surface area contributed by atoms with Gasteiger partial charge in [-0.15, -0.1) is 24.0 Å². The van der Waals surface area contributed by atoms with Crippen molar-refractivity contribution in [3.63, 3.8) is 0 Å². The molecular formula is C19H39IN4O. The number of aliphatic imine (C=N–C) groups is 1. The molecule has 5 nitrogen and oxygen atoms in total. The number of ether oxygens (including phenoxy) is 1. The lowest BCUT2D eigenvalue weighted by atomic mass is 10.0. The summed E-state index contributed by atoms with van der Waals surface area (Å²) in [6.07, 6.45) is 5.44. The van der Waals surface area contributed by atoms with E-state index in [0.29, 0.717) is 12.0 Å². The second kappa shape index (κ2) is 12.3. The molecule has 0 aliphatic carbocycles. The highest BCUT2D eigenvalue weighted by Gasteiger charge is 2.27. The van der Waals surface area contributed by atoms with Crippen LogP contribution in [0.15, 0.2) is 4.99 Å². The summed E-state index contributed by atoms with van der Waals surface area (Å²) in [5.41, 5.74) is 0. The van der Waals surface area contributed by atoms with Crippen LogP contribution in [0.1, 0.15) is 46.5 Å². The van der Waals surface area contributed by atoms with Gasteiger partial charge in [0.1, 0.15) is 0 Å². The predicted molar refractivity (Wildman–Crippen MR) is 117 cm³/mol. The molecule has 0 spiro atoms. The van der Waals surface area contributed by atoms with E-state index in [2.05, 4.69) is 40.9 Å². The zero-order valence-corrected chi connectivity index (χ0v) is 19.0. The van der Waals surface area contributed by atoms with Gasteiger partial charge in [-0.3, -0.25) is 4.99 Å². The van der Waals surface area contributed by atoms with Crippen LogP contribution < -0.4 is 5.32 Å². The van der Waals surface area contributed by atoms with Crippen molar-refractivity contribution in [2.75, 3.05) is 52.9 Å². The SMILES string of the molecule is CCOC(CCNC(=NC)N1CCC(CN2CCCC2)C1)C(C)C.I. The first-order valence-electron chi connectivity index (χ1n) is 9.93. The summed E-state index contributed by atoms with van der Waals surface area (Å²) in [6, 6.07) is 0. The number of nitrogens with zero attached hydrogens (tertiary/aromatic N) is 3. The van der Waals surface area contributed by atoms with E-state index in [4.69, 9.17) is 4.74 Å². The molecule has 0 radical (unpaired) electrons. The van der Waals surface area contributed by atoms with E-state index in [9.17, 15) is 0 Å². The number of nitrogens with one attached hydrogen (secondary N) is 1. The van der Waals surface area contributed by atoms with Crippen molar-refractivity contribution < 1.29 is 4.74 Å². The van der Waals surface area contributed by atoms with Crippen molar-refractivity contribution in [2.24, 2.45) is 16.8 Å². The molecule has 0 aromatic carbocycles. The Morgan fingerprint density at radius 2 is 1.96 bits per heavy atom. The van der Waals surface area contributed by atoms with Crippen LogP contribution in [-0.4, -0.2) is 74.8 Å². The smallest absolute Gasteiger partial charge is 0.193 e. The molecular weight excluding hydrogens is 427 g/mol. The third kappa shape index (κ3) is 7.59. The lowest BCUT2D eigenvalue weighted by molar-refractivity contribution is 0.0257. The number of hydrogen-bond acceptors (Lipinski definition) is 3. The van der Waals surface area contributed by atoms with E-state index in [-0.39, 0.29) is 24.0 Å². The van der Waals surface area contributed by atoms with Gasteiger partial charge in [0.15, 0.2) is 5.96 Å². The fourth-order valence-electron chi connectivity index (χ4n) is 3.99. The van der Waals surface area contributed by atoms with Crippen LogP contribution in [-0.2, 0) is 4.74 Å². The zero-order chi connectivity index (χ0) is 17.4. The number of hydrogen-bond donors (Lipinski definition) is 1. The van der Waals surface area contributed by atoms with Gasteiger partial charge in [-0.05, 0) is 57.5 Å². The fourth-order valence-corrected chi connectivity index (χ4v) is 3.99. The molecule has 0 bridgehead atoms. The minimum Gasteiger partial charge on any atom is -0.378 e. The minimum absolute atomic E-state index is 0. The Morgan fingerprint density at radius 3 is 2.56 bits per heavy atom. The quantitative estimate of drug-likeness (QED) is 0.339. The molecule has 25 heavy (non-hydrogen) atoms. The maximum absolute atomic E-state index is 5.84. The Labute approximate surface area is 172 Å². The van der Waals surface area contributed by atoms with Crippen molar-refractivity contribution in [1.82, 2.24) is 15.1 Å². The summed E-state index contributed by atoms with van der Waals surface area (Å²) in [5, 5.41) is 3.55. The molecule has 2 saturated heterocycles. The summed E-state index contributed by atoms with van der Waals surface area (Å²) in [7, 11) is 1.90. The summed E-state index contributed by atoms with van der Waals surface area (Å²) < 4.78 is 5.84. The molecule has 2 fully saturated rings. The lowest BCUT2D eigenvalue weighted by Gasteiger charge is -2.25. The molecule has 2 rings (SSSR count). The molecule has 1 N–H and O–H groups in total. The van der Waals surface area contributed by atoms with Gasteiger partial charge in [-0.1, -0.05) is 13.8 Å². The zero-order valence-electron chi connectivity index (χ0n) is 16.7. The molecule has 148 valence electrons. The van der Waals surface area contributed by atoms with Gasteiger partial charge in [0.05, 0.1) is 6.10 Å². The van der Waals surface area contributed by atoms with Gasteiger partial charge in [-0.25, -0.2) is 0 Å². The Bertz CT molecular complexity index is 386. The van der Waals surface area contributed by atoms with E-state index in [1.54, 1.807) is 0 Å². The predicted octanol–water partition coefficient (Wildman–Crippen LogP) is 3.05. The summed E-state index contributed by atoms with van der Waals surface area (Å²) in [6.45, 7) is 14.4. The second-order valence-electron chi connectivity index (χ2n) is 7.61. The number of likely N-dealkylation sites (tertiary alicyclic amines) is 2. The molecule has 2 atom stereocenters. The first kappa shape index (κ1) is 23.0. The molecule has 2 aliphatic rings. The molecule has 0 amide bonds. The second-order valence-corrected chi connectivity index (χ2v) is 7.61. The Morgan fingerprint density at radius 1 is 1.24 bits per heavy atom. The standard InChI is InChI=1S/C19H38N4O.HI/c1-5-24-18(16(2)3)8-10-21-19(20-4)23-13-9-17(15-23)14-22-11-6-7-12-22;/h16-18H,5-15H2,1-4H3,(H,20,21);1H. The molecule has 0 aromatic heterocycles. The Balaban J connectivity index is 0.00000312. The van der Waals surface area contributed by atoms with Crippen LogP contribution in [0.5, 0.6) is 0 Å². The molecule has 2 unspecified atom stereocenters. The van der Waals surface area contributed by atoms with E-state index in [1.807, 2.05) is 7.05 Å². The average Bonchev–Trinajstić information content (AvgIpc) is 3.23. The number of guanidine groups is 1. The van der Waals surface area contributed by atoms with Gasteiger partial charge in [0.2, 0.25) is 0 Å². The maximum atomic E-state index is 5.84. The Kier molecular flexibility index (Phi) is 11.3. The molecule has 0 saturated carbocycles. The fraction of sp³-hybridized carbons (Fsp3) is 0.947. The van der Waals surface area contributed by atoms with Gasteiger partial charge in [0, 0.05) is 39.8 Å². The average molecular weight is 466 g/mol. The van der Waals surface area contributed by atoms with Gasteiger partial charge < -0.3 is 19.9 Å². The van der Waals surface area contributed by atoms with Crippen LogP contribution in [0.4, 0.5) is 0 Å². The maximum Gasteiger partial charge on any atom is 0.193 e. The van der Waals surface area contributed by atoms with Crippen molar-refractivity contribution in [1.29, 1.82) is 0 Å². The normalized spacial score (nSPS) is 23.2. The van der Waals surface area contributed by atoms with Crippen molar-refractivity contribution >= 4 is 29.9 Å². The number of rotatable bonds is 8. The van der Waals surface area contributed by atoms with Crippen molar-refractivity contribution in [3.05, 3.63) is 0 Å². The van der Waals surface area contributed by atoms with Crippen LogP contribution in [0, 0.1) is 11.8 Å². The van der Waals surface area contributed by atoms with Crippen LogP contribution in [0.25, 0.3) is 0 Å². The highest BCUT2D eigenvalue weighted by Crippen LogP contribution is 2.20. The highest BCUT2D eigenvalue weighted by atomic mass is 127. The van der Waals surface area contributed by atoms with E-state index in [1.165, 1.54) is 38.9 Å². The van der Waals surface area contributed by atoms with Gasteiger partial charge >= 0.3 is 0 Å². The first-order chi connectivity index (χ1) is 11.6. The van der Waals surface area contributed by atoms with Crippen LogP contribution in [0.2, 0.25) is 0 Å². The molecule has 2 aliphatic heterocycles. The Hall–Kier alpha value is -0.0800. The summed E-state index contributed by atoms with van der Waals surface area (Å²) >= 11 is 0. The molecule has 2 heterocycles.